The number of carbonyl (C=O) groups is 3. The predicted octanol–water partition coefficient (Wildman–Crippen LogP) is 4.03. The highest BCUT2D eigenvalue weighted by atomic mass is 35.5. The van der Waals surface area contributed by atoms with Crippen molar-refractivity contribution in [2.75, 3.05) is 6.26 Å². The van der Waals surface area contributed by atoms with Gasteiger partial charge in [-0.2, -0.15) is 0 Å². The Hall–Kier alpha value is -3.51. The fourth-order valence-corrected chi connectivity index (χ4v) is 7.65. The molecule has 2 aromatic rings. The smallest absolute Gasteiger partial charge is 0.303 e. The summed E-state index contributed by atoms with van der Waals surface area (Å²) in [4.78, 5) is 46.7. The van der Waals surface area contributed by atoms with Gasteiger partial charge in [0, 0.05) is 35.0 Å². The molecule has 0 radical (unpaired) electrons. The van der Waals surface area contributed by atoms with Crippen molar-refractivity contribution in [3.63, 3.8) is 0 Å². The fraction of sp³-hybridized carbons (Fsp3) is 0.406. The molecule has 3 N–H and O–H groups in total. The van der Waals surface area contributed by atoms with Gasteiger partial charge in [-0.3, -0.25) is 19.2 Å². The van der Waals surface area contributed by atoms with E-state index >= 15 is 0 Å². The molecule has 0 spiro atoms. The van der Waals surface area contributed by atoms with Crippen molar-refractivity contribution in [3.8, 4) is 0 Å². The van der Waals surface area contributed by atoms with E-state index in [1.54, 1.807) is 35.2 Å². The summed E-state index contributed by atoms with van der Waals surface area (Å²) in [6, 6.07) is 12.6. The molecule has 1 saturated carbocycles. The molecule has 2 amide bonds. The number of carboxylic acids is 1. The fourth-order valence-electron chi connectivity index (χ4n) is 6.61. The van der Waals surface area contributed by atoms with E-state index in [4.69, 9.17) is 21.5 Å². The predicted molar refractivity (Wildman–Crippen MR) is 165 cm³/mol. The second-order valence-corrected chi connectivity index (χ2v) is 13.8. The maximum atomic E-state index is 14.2. The average molecular weight is 642 g/mol. The Kier molecular flexibility index (Phi) is 9.89. The lowest BCUT2D eigenvalue weighted by Gasteiger charge is -2.50. The summed E-state index contributed by atoms with van der Waals surface area (Å²) >= 11 is 6.36. The van der Waals surface area contributed by atoms with Gasteiger partial charge in [-0.05, 0) is 48.1 Å². The highest BCUT2D eigenvalue weighted by molar-refractivity contribution is 7.88. The summed E-state index contributed by atoms with van der Waals surface area (Å²) in [7, 11) is -3.56. The lowest BCUT2D eigenvalue weighted by Crippen LogP contribution is -2.63. The zero-order chi connectivity index (χ0) is 31.4. The molecule has 1 fully saturated rings. The topological polar surface area (TPSA) is 142 Å². The van der Waals surface area contributed by atoms with E-state index in [9.17, 15) is 22.8 Å². The largest absolute Gasteiger partial charge is 0.481 e. The third kappa shape index (κ3) is 7.40. The van der Waals surface area contributed by atoms with Crippen LogP contribution in [-0.2, 0) is 37.5 Å². The molecule has 2 aromatic carbocycles. The van der Waals surface area contributed by atoms with Crippen LogP contribution in [-0.4, -0.2) is 60.6 Å². The van der Waals surface area contributed by atoms with Crippen molar-refractivity contribution in [2.24, 2.45) is 5.92 Å². The van der Waals surface area contributed by atoms with Gasteiger partial charge in [0.2, 0.25) is 10.0 Å². The number of hydroxylamine groups is 1. The molecular formula is C32H36ClN3O7S. The van der Waals surface area contributed by atoms with Crippen LogP contribution in [0, 0.1) is 5.92 Å². The zero-order valence-corrected chi connectivity index (χ0v) is 25.9. The zero-order valence-electron chi connectivity index (χ0n) is 24.3. The van der Waals surface area contributed by atoms with Gasteiger partial charge in [0.15, 0.2) is 0 Å². The van der Waals surface area contributed by atoms with Crippen LogP contribution in [0.1, 0.15) is 65.1 Å². The Labute approximate surface area is 262 Å². The van der Waals surface area contributed by atoms with Crippen LogP contribution in [0.4, 0.5) is 0 Å². The lowest BCUT2D eigenvalue weighted by molar-refractivity contribution is -0.139. The first-order valence-electron chi connectivity index (χ1n) is 14.7. The quantitative estimate of drug-likeness (QED) is 0.315. The number of hydrogen-bond donors (Lipinski definition) is 3. The van der Waals surface area contributed by atoms with Gasteiger partial charge >= 0.3 is 5.97 Å². The number of aliphatic carboxylic acids is 1. The van der Waals surface area contributed by atoms with Gasteiger partial charge in [-0.15, -0.1) is 0 Å². The normalized spacial score (nSPS) is 25.0. The molecule has 3 aliphatic rings. The van der Waals surface area contributed by atoms with Gasteiger partial charge in [-0.1, -0.05) is 79.1 Å². The SMILES string of the molecule is CS(=O)(=O)N[C@H]1CCCC[C@@H]1N1C(=O)c2ccccc2[C@@H](C(=O)NOCc2cccc(CCC(=O)O)c2)C1C1C=CC(Cl)=C1. The molecule has 10 nitrogen and oxygen atoms in total. The molecule has 5 atom stereocenters. The maximum absolute atomic E-state index is 14.2. The number of carbonyl (C=O) groups excluding carboxylic acids is 2. The van der Waals surface area contributed by atoms with Crippen LogP contribution in [0.5, 0.6) is 0 Å². The Morgan fingerprint density at radius 3 is 2.57 bits per heavy atom. The molecule has 0 aromatic heterocycles. The van der Waals surface area contributed by atoms with Crippen molar-refractivity contribution in [1.82, 2.24) is 15.1 Å². The average Bonchev–Trinajstić information content (AvgIpc) is 3.41. The standard InChI is InChI=1S/C32H36ClN3O7S/c1-44(41,42)35-26-11-4-5-12-27(26)36-30(22-14-15-23(33)18-22)29(24-9-2-3-10-25(24)32(36)40)31(39)34-43-19-21-8-6-7-20(17-21)13-16-28(37)38/h2-3,6-10,14-15,17-18,22,26-27,29-30,35H,4-5,11-13,16,19H2,1H3,(H,34,39)(H,37,38)/t22?,26-,27-,29+,30?/m0/s1. The Morgan fingerprint density at radius 2 is 1.84 bits per heavy atom. The number of fused-ring (bicyclic) bond motifs is 1. The van der Waals surface area contributed by atoms with Crippen LogP contribution in [0.2, 0.25) is 0 Å². The van der Waals surface area contributed by atoms with Gasteiger partial charge in [0.1, 0.15) is 0 Å². The number of halogens is 1. The van der Waals surface area contributed by atoms with Crippen molar-refractivity contribution < 1.29 is 32.7 Å². The number of carboxylic acid groups (broad SMARTS) is 1. The summed E-state index contributed by atoms with van der Waals surface area (Å²) < 4.78 is 27.4. The minimum Gasteiger partial charge on any atom is -0.481 e. The molecule has 1 heterocycles. The van der Waals surface area contributed by atoms with E-state index in [1.807, 2.05) is 36.4 Å². The third-order valence-electron chi connectivity index (χ3n) is 8.41. The second-order valence-electron chi connectivity index (χ2n) is 11.6. The minimum absolute atomic E-state index is 0.00831. The molecule has 12 heteroatoms. The highest BCUT2D eigenvalue weighted by Crippen LogP contribution is 2.43. The molecular weight excluding hydrogens is 606 g/mol. The van der Waals surface area contributed by atoms with Gasteiger partial charge in [0.25, 0.3) is 11.8 Å². The second kappa shape index (κ2) is 13.6. The van der Waals surface area contributed by atoms with Crippen molar-refractivity contribution in [1.29, 1.82) is 0 Å². The molecule has 2 unspecified atom stereocenters. The van der Waals surface area contributed by atoms with Gasteiger partial charge in [-0.25, -0.2) is 18.6 Å². The molecule has 0 bridgehead atoms. The maximum Gasteiger partial charge on any atom is 0.303 e. The molecule has 234 valence electrons. The van der Waals surface area contributed by atoms with Crippen molar-refractivity contribution >= 4 is 39.4 Å². The van der Waals surface area contributed by atoms with Gasteiger partial charge < -0.3 is 10.0 Å². The van der Waals surface area contributed by atoms with Crippen LogP contribution < -0.4 is 10.2 Å². The van der Waals surface area contributed by atoms with E-state index in [0.717, 1.165) is 30.2 Å². The summed E-state index contributed by atoms with van der Waals surface area (Å²) in [6.45, 7) is 0.0480. The Balaban J connectivity index is 1.45. The molecule has 2 aliphatic carbocycles. The monoisotopic (exact) mass is 641 g/mol. The van der Waals surface area contributed by atoms with Crippen LogP contribution >= 0.6 is 11.6 Å². The summed E-state index contributed by atoms with van der Waals surface area (Å²) in [5, 5.41) is 9.49. The molecule has 1 aliphatic heterocycles. The van der Waals surface area contributed by atoms with E-state index in [0.29, 0.717) is 35.4 Å². The molecule has 5 rings (SSSR count). The van der Waals surface area contributed by atoms with E-state index in [-0.39, 0.29) is 18.9 Å². The summed E-state index contributed by atoms with van der Waals surface area (Å²) in [5.74, 6) is -2.84. The number of benzene rings is 2. The van der Waals surface area contributed by atoms with Crippen molar-refractivity contribution in [2.45, 2.75) is 69.2 Å². The summed E-state index contributed by atoms with van der Waals surface area (Å²) in [6.07, 6.45) is 9.69. The van der Waals surface area contributed by atoms with E-state index < -0.39 is 51.9 Å². The first kappa shape index (κ1) is 31.9. The first-order valence-corrected chi connectivity index (χ1v) is 16.9. The van der Waals surface area contributed by atoms with Gasteiger partial charge in [0.05, 0.1) is 24.8 Å². The number of nitrogens with one attached hydrogen (secondary N) is 2. The minimum atomic E-state index is -3.56. The number of amides is 2. The number of nitrogens with zero attached hydrogens (tertiary/aromatic N) is 1. The Morgan fingerprint density at radius 1 is 1.09 bits per heavy atom. The Bertz CT molecular complexity index is 1590. The third-order valence-corrected chi connectivity index (χ3v) is 9.40. The first-order chi connectivity index (χ1) is 21.0. The lowest BCUT2D eigenvalue weighted by atomic mass is 9.74. The van der Waals surface area contributed by atoms with Crippen LogP contribution in [0.25, 0.3) is 0 Å². The van der Waals surface area contributed by atoms with E-state index in [2.05, 4.69) is 10.2 Å². The van der Waals surface area contributed by atoms with Crippen molar-refractivity contribution in [3.05, 3.63) is 94.0 Å². The molecule has 44 heavy (non-hydrogen) atoms. The van der Waals surface area contributed by atoms with E-state index in [1.165, 1.54) is 0 Å². The number of allylic oxidation sites excluding steroid dienone is 2. The summed E-state index contributed by atoms with van der Waals surface area (Å²) in [5.41, 5.74) is 5.15. The van der Waals surface area contributed by atoms with Crippen LogP contribution in [0.15, 0.2) is 71.8 Å². The number of rotatable bonds is 11. The highest BCUT2D eigenvalue weighted by Gasteiger charge is 2.50. The number of aryl methyl sites for hydroxylation is 1. The number of hydrogen-bond acceptors (Lipinski definition) is 6. The molecule has 0 saturated heterocycles. The van der Waals surface area contributed by atoms with Crippen LogP contribution in [0.3, 0.4) is 0 Å². The number of sulfonamides is 1.